The van der Waals surface area contributed by atoms with Gasteiger partial charge in [0.15, 0.2) is 0 Å². The van der Waals surface area contributed by atoms with Crippen LogP contribution in [0.25, 0.3) is 0 Å². The number of hydrogen-bond donors (Lipinski definition) is 1. The fourth-order valence-electron chi connectivity index (χ4n) is 5.74. The Morgan fingerprint density at radius 2 is 1.22 bits per heavy atom. The Morgan fingerprint density at radius 1 is 0.780 bits per heavy atom. The zero-order valence-electron chi connectivity index (χ0n) is 23.1. The predicted molar refractivity (Wildman–Crippen MR) is 156 cm³/mol. The Hall–Kier alpha value is -4.75. The Balaban J connectivity index is 1.63. The molecule has 0 spiro atoms. The molecule has 41 heavy (non-hydrogen) atoms. The molecule has 0 aromatic heterocycles. The quantitative estimate of drug-likeness (QED) is 0.137. The van der Waals surface area contributed by atoms with Crippen molar-refractivity contribution in [1.29, 1.82) is 0 Å². The predicted octanol–water partition coefficient (Wildman–Crippen LogP) is 4.53. The average Bonchev–Trinajstić information content (AvgIpc) is 3.03. The van der Waals surface area contributed by atoms with Crippen molar-refractivity contribution in [3.05, 3.63) is 144 Å². The second-order valence-corrected chi connectivity index (χ2v) is 10.0. The van der Waals surface area contributed by atoms with Crippen molar-refractivity contribution >= 4 is 17.7 Å². The van der Waals surface area contributed by atoms with Gasteiger partial charge in [-0.1, -0.05) is 121 Å². The van der Waals surface area contributed by atoms with Crippen LogP contribution in [0.1, 0.15) is 28.7 Å². The molecule has 0 bridgehead atoms. The van der Waals surface area contributed by atoms with Crippen LogP contribution in [0.4, 0.5) is 0 Å². The van der Waals surface area contributed by atoms with Crippen LogP contribution in [0.3, 0.4) is 0 Å². The number of hydroxylamine groups is 2. The van der Waals surface area contributed by atoms with Crippen LogP contribution < -0.4 is 5.32 Å². The normalized spacial score (nSPS) is 16.5. The van der Waals surface area contributed by atoms with E-state index in [0.29, 0.717) is 6.54 Å². The minimum atomic E-state index is -1.09. The van der Waals surface area contributed by atoms with Gasteiger partial charge in [-0.05, 0) is 22.3 Å². The zero-order valence-corrected chi connectivity index (χ0v) is 23.1. The maximum atomic E-state index is 14.3. The molecule has 208 valence electrons. The van der Waals surface area contributed by atoms with Crippen LogP contribution in [0.15, 0.2) is 121 Å². The minimum absolute atomic E-state index is 0.0548. The Kier molecular flexibility index (Phi) is 8.26. The molecule has 1 heterocycles. The Morgan fingerprint density at radius 3 is 1.66 bits per heavy atom. The van der Waals surface area contributed by atoms with Gasteiger partial charge in [0.2, 0.25) is 11.8 Å². The first-order valence-electron chi connectivity index (χ1n) is 13.6. The zero-order chi connectivity index (χ0) is 28.8. The first-order chi connectivity index (χ1) is 20.0. The highest BCUT2D eigenvalue weighted by Gasteiger charge is 2.61. The van der Waals surface area contributed by atoms with Gasteiger partial charge in [0.05, 0.1) is 13.2 Å². The molecule has 4 aromatic rings. The number of likely N-dealkylation sites (tertiary alicyclic amines) is 1. The smallest absolute Gasteiger partial charge is 0.260 e. The third-order valence-corrected chi connectivity index (χ3v) is 7.73. The molecule has 0 radical (unpaired) electrons. The summed E-state index contributed by atoms with van der Waals surface area (Å²) >= 11 is 0. The van der Waals surface area contributed by atoms with Crippen molar-refractivity contribution < 1.29 is 19.2 Å². The average molecular weight is 548 g/mol. The highest BCUT2D eigenvalue weighted by Crippen LogP contribution is 2.50. The summed E-state index contributed by atoms with van der Waals surface area (Å²) in [6.07, 6.45) is -0.0548. The van der Waals surface area contributed by atoms with Crippen LogP contribution in [0.2, 0.25) is 0 Å². The standard InChI is InChI=1S/C34H33N3O4/c1-36(41-2)32(39)31-29(23-30(38)35-24-25-15-7-3-8-16-25)37(33(31)40)34(26-17-9-4-10-18-26,27-19-11-5-12-20-27)28-21-13-6-14-22-28/h3-22,29,31H,23-24H2,1-2H3,(H,35,38)/t29-,31+/m0/s1. The van der Waals surface area contributed by atoms with E-state index >= 15 is 0 Å². The van der Waals surface area contributed by atoms with Gasteiger partial charge >= 0.3 is 0 Å². The van der Waals surface area contributed by atoms with Gasteiger partial charge in [-0.15, -0.1) is 0 Å². The number of hydrogen-bond acceptors (Lipinski definition) is 4. The molecule has 4 aromatic carbocycles. The number of carbonyl (C=O) groups is 3. The lowest BCUT2D eigenvalue weighted by Crippen LogP contribution is -2.72. The molecule has 5 rings (SSSR count). The van der Waals surface area contributed by atoms with Gasteiger partial charge in [0, 0.05) is 20.0 Å². The van der Waals surface area contributed by atoms with Crippen molar-refractivity contribution in [2.24, 2.45) is 5.92 Å². The van der Waals surface area contributed by atoms with Gasteiger partial charge in [0.1, 0.15) is 11.5 Å². The SMILES string of the molecule is CON(C)C(=O)[C@@H]1C(=O)N(C(c2ccccc2)(c2ccccc2)c2ccccc2)[C@H]1CC(=O)NCc1ccccc1. The summed E-state index contributed by atoms with van der Waals surface area (Å²) < 4.78 is 0. The monoisotopic (exact) mass is 547 g/mol. The summed E-state index contributed by atoms with van der Waals surface area (Å²) in [7, 11) is 2.85. The Bertz CT molecular complexity index is 1380. The van der Waals surface area contributed by atoms with E-state index in [-0.39, 0.29) is 18.2 Å². The van der Waals surface area contributed by atoms with Crippen LogP contribution in [0, 0.1) is 5.92 Å². The number of carbonyl (C=O) groups excluding carboxylic acids is 3. The number of benzene rings is 4. The van der Waals surface area contributed by atoms with Gasteiger partial charge in [0.25, 0.3) is 5.91 Å². The maximum absolute atomic E-state index is 14.3. The van der Waals surface area contributed by atoms with Crippen LogP contribution in [0.5, 0.6) is 0 Å². The number of nitrogens with zero attached hydrogens (tertiary/aromatic N) is 2. The molecule has 7 nitrogen and oxygen atoms in total. The van der Waals surface area contributed by atoms with E-state index in [0.717, 1.165) is 27.3 Å². The highest BCUT2D eigenvalue weighted by molar-refractivity contribution is 6.07. The third-order valence-electron chi connectivity index (χ3n) is 7.73. The fraction of sp³-hybridized carbons (Fsp3) is 0.206. The molecule has 0 unspecified atom stereocenters. The lowest BCUT2D eigenvalue weighted by Gasteiger charge is -2.57. The van der Waals surface area contributed by atoms with Gasteiger partial charge in [-0.3, -0.25) is 19.2 Å². The van der Waals surface area contributed by atoms with Crippen molar-refractivity contribution in [3.63, 3.8) is 0 Å². The molecule has 7 heteroatoms. The summed E-state index contributed by atoms with van der Waals surface area (Å²) in [5.74, 6) is -2.18. The summed E-state index contributed by atoms with van der Waals surface area (Å²) in [6.45, 7) is 0.345. The molecule has 3 amide bonds. The van der Waals surface area contributed by atoms with Crippen molar-refractivity contribution in [1.82, 2.24) is 15.3 Å². The summed E-state index contributed by atoms with van der Waals surface area (Å²) in [5.41, 5.74) is 2.43. The fourth-order valence-corrected chi connectivity index (χ4v) is 5.74. The van der Waals surface area contributed by atoms with E-state index < -0.39 is 23.4 Å². The van der Waals surface area contributed by atoms with Crippen molar-refractivity contribution in [2.45, 2.75) is 24.5 Å². The van der Waals surface area contributed by atoms with Crippen LogP contribution >= 0.6 is 0 Å². The Labute approximate surface area is 240 Å². The topological polar surface area (TPSA) is 79.0 Å². The molecule has 1 aliphatic rings. The minimum Gasteiger partial charge on any atom is -0.352 e. The molecular formula is C34H33N3O4. The van der Waals surface area contributed by atoms with Gasteiger partial charge < -0.3 is 10.2 Å². The van der Waals surface area contributed by atoms with Crippen LogP contribution in [-0.4, -0.2) is 47.9 Å². The number of amides is 3. The van der Waals surface area contributed by atoms with E-state index in [1.165, 1.54) is 14.2 Å². The van der Waals surface area contributed by atoms with Crippen molar-refractivity contribution in [3.8, 4) is 0 Å². The maximum Gasteiger partial charge on any atom is 0.260 e. The molecule has 1 aliphatic heterocycles. The molecule has 0 saturated carbocycles. The van der Waals surface area contributed by atoms with E-state index in [1.54, 1.807) is 4.90 Å². The largest absolute Gasteiger partial charge is 0.352 e. The van der Waals surface area contributed by atoms with Gasteiger partial charge in [-0.2, -0.15) is 0 Å². The van der Waals surface area contributed by atoms with Crippen LogP contribution in [-0.2, 0) is 31.3 Å². The first-order valence-corrected chi connectivity index (χ1v) is 13.6. The molecule has 1 N–H and O–H groups in total. The second-order valence-electron chi connectivity index (χ2n) is 10.0. The number of β-lactam (4-membered cyclic amide) rings is 1. The van der Waals surface area contributed by atoms with Gasteiger partial charge in [-0.25, -0.2) is 5.06 Å². The summed E-state index contributed by atoms with van der Waals surface area (Å²) in [4.78, 5) is 48.0. The summed E-state index contributed by atoms with van der Waals surface area (Å²) in [6, 6.07) is 38.2. The summed E-state index contributed by atoms with van der Waals surface area (Å²) in [5, 5.41) is 4.03. The second kappa shape index (κ2) is 12.2. The van der Waals surface area contributed by atoms with E-state index in [2.05, 4.69) is 5.32 Å². The molecule has 2 atom stereocenters. The number of rotatable bonds is 10. The molecule has 0 aliphatic carbocycles. The van der Waals surface area contributed by atoms with E-state index in [1.807, 2.05) is 121 Å². The molecule has 1 saturated heterocycles. The third kappa shape index (κ3) is 5.24. The lowest BCUT2D eigenvalue weighted by atomic mass is 9.69. The lowest BCUT2D eigenvalue weighted by molar-refractivity contribution is -0.192. The van der Waals surface area contributed by atoms with Crippen molar-refractivity contribution in [2.75, 3.05) is 14.2 Å². The van der Waals surface area contributed by atoms with E-state index in [9.17, 15) is 14.4 Å². The highest BCUT2D eigenvalue weighted by atomic mass is 16.7. The van der Waals surface area contributed by atoms with E-state index in [4.69, 9.17) is 4.84 Å². The number of nitrogens with one attached hydrogen (secondary N) is 1. The first kappa shape index (κ1) is 27.8. The molecule has 1 fully saturated rings. The molecular weight excluding hydrogens is 514 g/mol.